The first kappa shape index (κ1) is 13.3. The summed E-state index contributed by atoms with van der Waals surface area (Å²) in [4.78, 5) is 12.3. The van der Waals surface area contributed by atoms with Gasteiger partial charge in [-0.1, -0.05) is 29.8 Å². The van der Waals surface area contributed by atoms with Crippen molar-refractivity contribution in [2.24, 2.45) is 11.8 Å². The van der Waals surface area contributed by atoms with Gasteiger partial charge < -0.3 is 5.11 Å². The van der Waals surface area contributed by atoms with Crippen LogP contribution in [-0.2, 0) is 0 Å². The van der Waals surface area contributed by atoms with E-state index in [9.17, 15) is 4.79 Å². The third-order valence-electron chi connectivity index (χ3n) is 4.09. The maximum Gasteiger partial charge on any atom is 0.165 e. The first-order chi connectivity index (χ1) is 8.70. The molecule has 1 fully saturated rings. The van der Waals surface area contributed by atoms with Gasteiger partial charge >= 0.3 is 0 Å². The second kappa shape index (κ2) is 6.14. The van der Waals surface area contributed by atoms with Crippen molar-refractivity contribution in [3.8, 4) is 0 Å². The maximum absolute atomic E-state index is 12.3. The summed E-state index contributed by atoms with van der Waals surface area (Å²) >= 11 is 0. The average molecular weight is 246 g/mol. The molecule has 18 heavy (non-hydrogen) atoms. The van der Waals surface area contributed by atoms with E-state index >= 15 is 0 Å². The predicted octanol–water partition coefficient (Wildman–Crippen LogP) is 3.37. The van der Waals surface area contributed by atoms with E-state index in [1.165, 1.54) is 5.56 Å². The Morgan fingerprint density at radius 2 is 1.78 bits per heavy atom. The number of aryl methyl sites for hydroxylation is 1. The highest BCUT2D eigenvalue weighted by Crippen LogP contribution is 2.32. The number of hydrogen-bond acceptors (Lipinski definition) is 2. The molecule has 0 unspecified atom stereocenters. The number of ketones is 1. The number of Topliss-reactive ketones (excluding diaryl/α,β-unsaturated/α-hetero) is 1. The Morgan fingerprint density at radius 1 is 1.17 bits per heavy atom. The third kappa shape index (κ3) is 3.20. The molecule has 2 rings (SSSR count). The van der Waals surface area contributed by atoms with Crippen LogP contribution in [0.3, 0.4) is 0 Å². The van der Waals surface area contributed by atoms with Crippen molar-refractivity contribution < 1.29 is 9.90 Å². The highest BCUT2D eigenvalue weighted by molar-refractivity contribution is 5.97. The first-order valence-corrected chi connectivity index (χ1v) is 6.92. The normalized spacial score (nSPS) is 23.9. The third-order valence-corrected chi connectivity index (χ3v) is 4.09. The number of rotatable bonds is 4. The molecule has 2 heteroatoms. The van der Waals surface area contributed by atoms with Gasteiger partial charge in [0.2, 0.25) is 0 Å². The molecule has 1 aliphatic carbocycles. The van der Waals surface area contributed by atoms with Crippen LogP contribution in [0.5, 0.6) is 0 Å². The van der Waals surface area contributed by atoms with Crippen molar-refractivity contribution in [2.45, 2.75) is 39.0 Å². The van der Waals surface area contributed by atoms with Crippen LogP contribution in [-0.4, -0.2) is 17.5 Å². The molecule has 1 saturated carbocycles. The molecule has 0 amide bonds. The zero-order chi connectivity index (χ0) is 13.0. The van der Waals surface area contributed by atoms with Crippen LogP contribution >= 0.6 is 0 Å². The summed E-state index contributed by atoms with van der Waals surface area (Å²) in [5, 5.41) is 8.93. The second-order valence-corrected chi connectivity index (χ2v) is 5.46. The lowest BCUT2D eigenvalue weighted by Crippen LogP contribution is -2.22. The van der Waals surface area contributed by atoms with Gasteiger partial charge in [-0.3, -0.25) is 4.79 Å². The second-order valence-electron chi connectivity index (χ2n) is 5.46. The Morgan fingerprint density at radius 3 is 2.33 bits per heavy atom. The molecule has 0 atom stereocenters. The van der Waals surface area contributed by atoms with Gasteiger partial charge in [0.15, 0.2) is 5.78 Å². The Labute approximate surface area is 109 Å². The summed E-state index contributed by atoms with van der Waals surface area (Å²) in [7, 11) is 0. The maximum atomic E-state index is 12.3. The van der Waals surface area contributed by atoms with Crippen molar-refractivity contribution in [3.05, 3.63) is 35.4 Å². The molecule has 0 saturated heterocycles. The first-order valence-electron chi connectivity index (χ1n) is 6.92. The van der Waals surface area contributed by atoms with Gasteiger partial charge in [-0.15, -0.1) is 0 Å². The Hall–Kier alpha value is -1.15. The number of hydrogen-bond donors (Lipinski definition) is 1. The van der Waals surface area contributed by atoms with E-state index in [4.69, 9.17) is 5.11 Å². The minimum atomic E-state index is 0.197. The lowest BCUT2D eigenvalue weighted by atomic mass is 9.77. The molecule has 0 radical (unpaired) electrons. The van der Waals surface area contributed by atoms with Gasteiger partial charge in [-0.2, -0.15) is 0 Å². The molecule has 0 aliphatic heterocycles. The van der Waals surface area contributed by atoms with Gasteiger partial charge in [0.1, 0.15) is 0 Å². The van der Waals surface area contributed by atoms with Crippen LogP contribution in [0.4, 0.5) is 0 Å². The van der Waals surface area contributed by atoms with Crippen molar-refractivity contribution in [3.63, 3.8) is 0 Å². The Bertz CT molecular complexity index is 386. The smallest absolute Gasteiger partial charge is 0.165 e. The lowest BCUT2D eigenvalue weighted by molar-refractivity contribution is 0.0864. The molecule has 1 N–H and O–H groups in total. The summed E-state index contributed by atoms with van der Waals surface area (Å²) in [6, 6.07) is 7.89. The Balaban J connectivity index is 1.93. The van der Waals surface area contributed by atoms with Crippen LogP contribution < -0.4 is 0 Å². The van der Waals surface area contributed by atoms with Crippen LogP contribution in [0.2, 0.25) is 0 Å². The number of carbonyl (C=O) groups excluding carboxylic acids is 1. The van der Waals surface area contributed by atoms with Crippen LogP contribution in [0.1, 0.15) is 48.0 Å². The van der Waals surface area contributed by atoms with Crippen LogP contribution in [0.25, 0.3) is 0 Å². The number of benzene rings is 1. The highest BCUT2D eigenvalue weighted by Gasteiger charge is 2.26. The SMILES string of the molecule is Cc1ccc(C(=O)C2CCC(CCO)CC2)cc1. The summed E-state index contributed by atoms with van der Waals surface area (Å²) in [5.41, 5.74) is 2.05. The number of aliphatic hydroxyl groups excluding tert-OH is 1. The van der Waals surface area contributed by atoms with Gasteiger partial charge in [-0.25, -0.2) is 0 Å². The summed E-state index contributed by atoms with van der Waals surface area (Å²) < 4.78 is 0. The van der Waals surface area contributed by atoms with E-state index in [0.29, 0.717) is 11.7 Å². The molecule has 0 aromatic heterocycles. The van der Waals surface area contributed by atoms with Crippen molar-refractivity contribution in [1.29, 1.82) is 0 Å². The van der Waals surface area contributed by atoms with Gasteiger partial charge in [-0.05, 0) is 44.9 Å². The van der Waals surface area contributed by atoms with Crippen molar-refractivity contribution >= 4 is 5.78 Å². The van der Waals surface area contributed by atoms with E-state index in [1.54, 1.807) is 0 Å². The molecule has 98 valence electrons. The van der Waals surface area contributed by atoms with Gasteiger partial charge in [0.25, 0.3) is 0 Å². The van der Waals surface area contributed by atoms with E-state index in [1.807, 2.05) is 31.2 Å². The molecular formula is C16H22O2. The summed E-state index contributed by atoms with van der Waals surface area (Å²) in [5.74, 6) is 1.12. The largest absolute Gasteiger partial charge is 0.396 e. The number of carbonyl (C=O) groups is 1. The molecule has 1 aliphatic rings. The fourth-order valence-corrected chi connectivity index (χ4v) is 2.85. The van der Waals surface area contributed by atoms with Gasteiger partial charge in [0.05, 0.1) is 0 Å². The molecule has 2 nitrogen and oxygen atoms in total. The standard InChI is InChI=1S/C16H22O2/c1-12-2-6-14(7-3-12)16(18)15-8-4-13(5-9-15)10-11-17/h2-3,6-7,13,15,17H,4-5,8-11H2,1H3. The molecule has 0 spiro atoms. The topological polar surface area (TPSA) is 37.3 Å². The fourth-order valence-electron chi connectivity index (χ4n) is 2.85. The predicted molar refractivity (Wildman–Crippen MR) is 72.7 cm³/mol. The zero-order valence-electron chi connectivity index (χ0n) is 11.1. The van der Waals surface area contributed by atoms with Crippen molar-refractivity contribution in [1.82, 2.24) is 0 Å². The van der Waals surface area contributed by atoms with Crippen LogP contribution in [0, 0.1) is 18.8 Å². The molecular weight excluding hydrogens is 224 g/mol. The lowest BCUT2D eigenvalue weighted by Gasteiger charge is -2.27. The van der Waals surface area contributed by atoms with Gasteiger partial charge in [0, 0.05) is 18.1 Å². The van der Waals surface area contributed by atoms with E-state index in [-0.39, 0.29) is 12.5 Å². The highest BCUT2D eigenvalue weighted by atomic mass is 16.3. The average Bonchev–Trinajstić information content (AvgIpc) is 2.40. The minimum Gasteiger partial charge on any atom is -0.396 e. The Kier molecular flexibility index (Phi) is 4.54. The zero-order valence-corrected chi connectivity index (χ0v) is 11.1. The molecule has 1 aromatic rings. The van der Waals surface area contributed by atoms with Crippen LogP contribution in [0.15, 0.2) is 24.3 Å². The van der Waals surface area contributed by atoms with E-state index in [0.717, 1.165) is 37.7 Å². The molecule has 1 aromatic carbocycles. The quantitative estimate of drug-likeness (QED) is 0.827. The minimum absolute atomic E-state index is 0.197. The molecule has 0 bridgehead atoms. The fraction of sp³-hybridized carbons (Fsp3) is 0.562. The summed E-state index contributed by atoms with van der Waals surface area (Å²) in [6.45, 7) is 2.32. The monoisotopic (exact) mass is 246 g/mol. The number of aliphatic hydroxyl groups is 1. The van der Waals surface area contributed by atoms with Crippen molar-refractivity contribution in [2.75, 3.05) is 6.61 Å². The van der Waals surface area contributed by atoms with E-state index < -0.39 is 0 Å². The summed E-state index contributed by atoms with van der Waals surface area (Å²) in [6.07, 6.45) is 5.03. The van der Waals surface area contributed by atoms with E-state index in [2.05, 4.69) is 0 Å². The molecule has 0 heterocycles.